The van der Waals surface area contributed by atoms with Crippen molar-refractivity contribution in [3.8, 4) is 0 Å². The Morgan fingerprint density at radius 2 is 1.92 bits per heavy atom. The topological polar surface area (TPSA) is 66.7 Å². The maximum atomic E-state index is 12.9. The molecule has 0 saturated heterocycles. The lowest BCUT2D eigenvalue weighted by atomic mass is 9.94. The molecule has 1 heterocycles. The number of fused-ring (bicyclic) bond motifs is 1. The Bertz CT molecular complexity index is 789. The minimum Gasteiger partial charge on any atom is -0.308 e. The van der Waals surface area contributed by atoms with Crippen molar-refractivity contribution in [3.63, 3.8) is 0 Å². The standard InChI is InChI=1S/C19H21N3O3/c1-3-20(2)17-12-13-21(18-7-5-4-6-16(17)18)19(23)14-8-10-15(11-9-14)22(24)25/h4-11,17H,3,12-13H2,1-2H3. The Labute approximate surface area is 146 Å². The van der Waals surface area contributed by atoms with Gasteiger partial charge in [-0.1, -0.05) is 25.1 Å². The zero-order chi connectivity index (χ0) is 18.0. The largest absolute Gasteiger partial charge is 0.308 e. The van der Waals surface area contributed by atoms with Crippen LogP contribution in [-0.2, 0) is 0 Å². The highest BCUT2D eigenvalue weighted by molar-refractivity contribution is 6.06. The van der Waals surface area contributed by atoms with E-state index < -0.39 is 4.92 Å². The van der Waals surface area contributed by atoms with Gasteiger partial charge in [-0.15, -0.1) is 0 Å². The summed E-state index contributed by atoms with van der Waals surface area (Å²) in [7, 11) is 2.09. The number of non-ortho nitro benzene ring substituents is 1. The molecule has 3 rings (SSSR count). The molecule has 1 aliphatic rings. The lowest BCUT2D eigenvalue weighted by Gasteiger charge is -2.38. The molecule has 2 aromatic carbocycles. The fourth-order valence-corrected chi connectivity index (χ4v) is 3.31. The maximum Gasteiger partial charge on any atom is 0.269 e. The molecule has 0 saturated carbocycles. The molecular formula is C19H21N3O3. The van der Waals surface area contributed by atoms with Crippen molar-refractivity contribution >= 4 is 17.3 Å². The summed E-state index contributed by atoms with van der Waals surface area (Å²) < 4.78 is 0. The van der Waals surface area contributed by atoms with Gasteiger partial charge >= 0.3 is 0 Å². The van der Waals surface area contributed by atoms with Gasteiger partial charge in [0.2, 0.25) is 0 Å². The molecule has 1 aliphatic heterocycles. The summed E-state index contributed by atoms with van der Waals surface area (Å²) >= 11 is 0. The Balaban J connectivity index is 1.92. The van der Waals surface area contributed by atoms with Crippen molar-refractivity contribution in [2.75, 3.05) is 25.0 Å². The van der Waals surface area contributed by atoms with Gasteiger partial charge < -0.3 is 4.90 Å². The number of carbonyl (C=O) groups excluding carboxylic acids is 1. The smallest absolute Gasteiger partial charge is 0.269 e. The molecular weight excluding hydrogens is 318 g/mol. The van der Waals surface area contributed by atoms with Crippen molar-refractivity contribution < 1.29 is 9.72 Å². The monoisotopic (exact) mass is 339 g/mol. The fourth-order valence-electron chi connectivity index (χ4n) is 3.31. The Hall–Kier alpha value is -2.73. The molecule has 0 radical (unpaired) electrons. The summed E-state index contributed by atoms with van der Waals surface area (Å²) in [6.07, 6.45) is 0.861. The van der Waals surface area contributed by atoms with E-state index in [1.807, 2.05) is 18.2 Å². The van der Waals surface area contributed by atoms with Crippen LogP contribution in [0.15, 0.2) is 48.5 Å². The number of amides is 1. The molecule has 0 spiro atoms. The third-order valence-electron chi connectivity index (χ3n) is 4.81. The SMILES string of the molecule is CCN(C)C1CCN(C(=O)c2ccc([N+](=O)[O-])cc2)c2ccccc21. The average molecular weight is 339 g/mol. The number of anilines is 1. The first kappa shape index (κ1) is 17.1. The van der Waals surface area contributed by atoms with Gasteiger partial charge in [-0.05, 0) is 43.8 Å². The molecule has 0 aromatic heterocycles. The highest BCUT2D eigenvalue weighted by Crippen LogP contribution is 2.37. The van der Waals surface area contributed by atoms with Crippen LogP contribution in [0.3, 0.4) is 0 Å². The Morgan fingerprint density at radius 3 is 2.56 bits per heavy atom. The van der Waals surface area contributed by atoms with E-state index in [2.05, 4.69) is 24.9 Å². The van der Waals surface area contributed by atoms with Crippen molar-refractivity contribution in [3.05, 3.63) is 69.8 Å². The van der Waals surface area contributed by atoms with Crippen molar-refractivity contribution in [1.29, 1.82) is 0 Å². The molecule has 0 fully saturated rings. The summed E-state index contributed by atoms with van der Waals surface area (Å²) in [5.74, 6) is -0.125. The molecule has 1 amide bonds. The third kappa shape index (κ3) is 3.25. The number of nitro groups is 1. The van der Waals surface area contributed by atoms with Gasteiger partial charge in [0, 0.05) is 36.0 Å². The summed E-state index contributed by atoms with van der Waals surface area (Å²) in [5.41, 5.74) is 2.51. The van der Waals surface area contributed by atoms with Crippen LogP contribution in [-0.4, -0.2) is 35.9 Å². The van der Waals surface area contributed by atoms with E-state index in [4.69, 9.17) is 0 Å². The highest BCUT2D eigenvalue weighted by atomic mass is 16.6. The number of nitrogens with zero attached hydrogens (tertiary/aromatic N) is 3. The molecule has 0 bridgehead atoms. The van der Waals surface area contributed by atoms with E-state index in [-0.39, 0.29) is 11.6 Å². The van der Waals surface area contributed by atoms with Gasteiger partial charge in [0.15, 0.2) is 0 Å². The van der Waals surface area contributed by atoms with Gasteiger partial charge in [-0.2, -0.15) is 0 Å². The number of hydrogen-bond acceptors (Lipinski definition) is 4. The number of rotatable bonds is 4. The summed E-state index contributed by atoms with van der Waals surface area (Å²) in [4.78, 5) is 27.3. The minimum absolute atomic E-state index is 0.0137. The number of benzene rings is 2. The summed E-state index contributed by atoms with van der Waals surface area (Å²) in [5, 5.41) is 10.8. The van der Waals surface area contributed by atoms with Gasteiger partial charge in [-0.25, -0.2) is 0 Å². The zero-order valence-corrected chi connectivity index (χ0v) is 14.4. The number of nitro benzene ring substituents is 1. The minimum atomic E-state index is -0.463. The highest BCUT2D eigenvalue weighted by Gasteiger charge is 2.30. The Kier molecular flexibility index (Phi) is 4.81. The number of hydrogen-bond donors (Lipinski definition) is 0. The number of carbonyl (C=O) groups is 1. The molecule has 2 aromatic rings. The maximum absolute atomic E-state index is 12.9. The van der Waals surface area contributed by atoms with Crippen LogP contribution < -0.4 is 4.90 Å². The lowest BCUT2D eigenvalue weighted by molar-refractivity contribution is -0.384. The molecule has 6 nitrogen and oxygen atoms in total. The molecule has 0 N–H and O–H groups in total. The van der Waals surface area contributed by atoms with E-state index in [1.54, 1.807) is 4.90 Å². The predicted molar refractivity (Wildman–Crippen MR) is 96.9 cm³/mol. The molecule has 130 valence electrons. The van der Waals surface area contributed by atoms with Crippen LogP contribution in [0.2, 0.25) is 0 Å². The third-order valence-corrected chi connectivity index (χ3v) is 4.81. The van der Waals surface area contributed by atoms with Gasteiger partial charge in [0.25, 0.3) is 11.6 Å². The molecule has 0 aliphatic carbocycles. The average Bonchev–Trinajstić information content (AvgIpc) is 2.66. The van der Waals surface area contributed by atoms with Crippen molar-refractivity contribution in [1.82, 2.24) is 4.90 Å². The lowest BCUT2D eigenvalue weighted by Crippen LogP contribution is -2.40. The predicted octanol–water partition coefficient (Wildman–Crippen LogP) is 3.64. The first-order chi connectivity index (χ1) is 12.0. The van der Waals surface area contributed by atoms with Crippen LogP contribution in [0.4, 0.5) is 11.4 Å². The Morgan fingerprint density at radius 1 is 1.24 bits per heavy atom. The number of para-hydroxylation sites is 1. The van der Waals surface area contributed by atoms with E-state index in [9.17, 15) is 14.9 Å². The zero-order valence-electron chi connectivity index (χ0n) is 14.4. The van der Waals surface area contributed by atoms with Crippen LogP contribution in [0, 0.1) is 10.1 Å². The van der Waals surface area contributed by atoms with Gasteiger partial charge in [0.05, 0.1) is 4.92 Å². The molecule has 6 heteroatoms. The van der Waals surface area contributed by atoms with Crippen molar-refractivity contribution in [2.24, 2.45) is 0 Å². The second-order valence-electron chi connectivity index (χ2n) is 6.20. The second-order valence-corrected chi connectivity index (χ2v) is 6.20. The van der Waals surface area contributed by atoms with Crippen molar-refractivity contribution in [2.45, 2.75) is 19.4 Å². The molecule has 1 unspecified atom stereocenters. The molecule has 1 atom stereocenters. The molecule has 25 heavy (non-hydrogen) atoms. The first-order valence-electron chi connectivity index (χ1n) is 8.38. The quantitative estimate of drug-likeness (QED) is 0.630. The normalized spacial score (nSPS) is 16.6. The van der Waals surface area contributed by atoms with Crippen LogP contribution >= 0.6 is 0 Å². The van der Waals surface area contributed by atoms with E-state index >= 15 is 0 Å². The summed E-state index contributed by atoms with van der Waals surface area (Å²) in [6.45, 7) is 3.69. The van der Waals surface area contributed by atoms with E-state index in [0.717, 1.165) is 24.2 Å². The van der Waals surface area contributed by atoms with E-state index in [1.165, 1.54) is 24.3 Å². The van der Waals surface area contributed by atoms with Crippen LogP contribution in [0.5, 0.6) is 0 Å². The second kappa shape index (κ2) is 7.03. The first-order valence-corrected chi connectivity index (χ1v) is 8.38. The van der Waals surface area contributed by atoms with E-state index in [0.29, 0.717) is 18.2 Å². The fraction of sp³-hybridized carbons (Fsp3) is 0.316. The van der Waals surface area contributed by atoms with Gasteiger partial charge in [0.1, 0.15) is 0 Å². The summed E-state index contributed by atoms with van der Waals surface area (Å²) in [6, 6.07) is 14.0. The van der Waals surface area contributed by atoms with Gasteiger partial charge in [-0.3, -0.25) is 19.8 Å². The van der Waals surface area contributed by atoms with Crippen LogP contribution in [0.25, 0.3) is 0 Å². The van der Waals surface area contributed by atoms with Crippen LogP contribution in [0.1, 0.15) is 35.3 Å².